The maximum Gasteiger partial charge on any atom is 0.372 e. The molecule has 0 fully saturated rings. The summed E-state index contributed by atoms with van der Waals surface area (Å²) in [6.07, 6.45) is 0. The molecule has 19 heavy (non-hydrogen) atoms. The van der Waals surface area contributed by atoms with Crippen LogP contribution in [0.3, 0.4) is 0 Å². The first-order chi connectivity index (χ1) is 8.98. The molecule has 7 heteroatoms. The van der Waals surface area contributed by atoms with Gasteiger partial charge in [-0.1, -0.05) is 24.3 Å². The van der Waals surface area contributed by atoms with E-state index >= 15 is 0 Å². The highest BCUT2D eigenvalue weighted by Gasteiger charge is 2.17. The van der Waals surface area contributed by atoms with Gasteiger partial charge in [0.1, 0.15) is 5.75 Å². The van der Waals surface area contributed by atoms with Gasteiger partial charge in [-0.15, -0.1) is 0 Å². The molecular formula is C12H10O6P-. The molecule has 1 unspecified atom stereocenters. The SMILES string of the molecule is O=P([O-])(Oc1ccccc1)Oc1cccc(O)c1O. The maximum atomic E-state index is 11.6. The van der Waals surface area contributed by atoms with Crippen LogP contribution in [0.2, 0.25) is 0 Å². The van der Waals surface area contributed by atoms with E-state index in [2.05, 4.69) is 9.05 Å². The van der Waals surface area contributed by atoms with Crippen LogP contribution in [-0.2, 0) is 4.57 Å². The summed E-state index contributed by atoms with van der Waals surface area (Å²) in [5.41, 5.74) is 0. The predicted molar refractivity (Wildman–Crippen MR) is 65.1 cm³/mol. The van der Waals surface area contributed by atoms with Crippen LogP contribution >= 0.6 is 7.82 Å². The molecule has 0 aromatic heterocycles. The average molecular weight is 281 g/mol. The lowest BCUT2D eigenvalue weighted by Gasteiger charge is -2.24. The van der Waals surface area contributed by atoms with E-state index in [4.69, 9.17) is 0 Å². The van der Waals surface area contributed by atoms with Gasteiger partial charge in [-0.25, -0.2) is 4.57 Å². The number of phosphoric ester groups is 1. The summed E-state index contributed by atoms with van der Waals surface area (Å²) >= 11 is 0. The maximum absolute atomic E-state index is 11.6. The van der Waals surface area contributed by atoms with E-state index in [1.54, 1.807) is 18.2 Å². The number of aromatic hydroxyl groups is 2. The van der Waals surface area contributed by atoms with Gasteiger partial charge >= 0.3 is 7.82 Å². The summed E-state index contributed by atoms with van der Waals surface area (Å²) in [4.78, 5) is 11.6. The molecule has 0 heterocycles. The molecule has 0 aliphatic rings. The Labute approximate surface area is 109 Å². The number of rotatable bonds is 4. The number of phosphoric acid groups is 1. The van der Waals surface area contributed by atoms with E-state index in [0.29, 0.717) is 0 Å². The lowest BCUT2D eigenvalue weighted by atomic mass is 10.3. The van der Waals surface area contributed by atoms with Crippen molar-refractivity contribution in [2.45, 2.75) is 0 Å². The van der Waals surface area contributed by atoms with Gasteiger partial charge in [-0.3, -0.25) is 0 Å². The van der Waals surface area contributed by atoms with Crippen molar-refractivity contribution in [3.63, 3.8) is 0 Å². The molecule has 0 saturated heterocycles. The first-order valence-electron chi connectivity index (χ1n) is 5.24. The Hall–Kier alpha value is -2.17. The normalized spacial score (nSPS) is 13.5. The van der Waals surface area contributed by atoms with Gasteiger partial charge < -0.3 is 24.2 Å². The van der Waals surface area contributed by atoms with Crippen molar-refractivity contribution in [2.75, 3.05) is 0 Å². The smallest absolute Gasteiger partial charge is 0.372 e. The van der Waals surface area contributed by atoms with E-state index in [1.165, 1.54) is 30.3 Å². The summed E-state index contributed by atoms with van der Waals surface area (Å²) in [5, 5.41) is 18.7. The van der Waals surface area contributed by atoms with Gasteiger partial charge in [0.25, 0.3) is 0 Å². The van der Waals surface area contributed by atoms with Crippen LogP contribution in [0.5, 0.6) is 23.0 Å². The van der Waals surface area contributed by atoms with Crippen LogP contribution in [0.1, 0.15) is 0 Å². The largest absolute Gasteiger partial charge is 0.736 e. The van der Waals surface area contributed by atoms with E-state index in [9.17, 15) is 19.7 Å². The second-order valence-electron chi connectivity index (χ2n) is 3.57. The number of hydrogen-bond donors (Lipinski definition) is 2. The topological polar surface area (TPSA) is 99.1 Å². The Balaban J connectivity index is 2.17. The molecule has 0 saturated carbocycles. The van der Waals surface area contributed by atoms with Gasteiger partial charge in [0.15, 0.2) is 11.5 Å². The number of phenolic OH excluding ortho intramolecular Hbond substituents is 2. The van der Waals surface area contributed by atoms with Gasteiger partial charge in [-0.05, 0) is 24.3 Å². The second-order valence-corrected chi connectivity index (χ2v) is 4.83. The third-order valence-electron chi connectivity index (χ3n) is 2.15. The molecule has 2 aromatic rings. The third kappa shape index (κ3) is 3.40. The lowest BCUT2D eigenvalue weighted by molar-refractivity contribution is -0.208. The molecule has 2 aromatic carbocycles. The minimum atomic E-state index is -4.70. The summed E-state index contributed by atoms with van der Waals surface area (Å²) in [7, 11) is -4.70. The minimum Gasteiger partial charge on any atom is -0.736 e. The van der Waals surface area contributed by atoms with Crippen molar-refractivity contribution in [2.24, 2.45) is 0 Å². The molecule has 0 spiro atoms. The monoisotopic (exact) mass is 281 g/mol. The Kier molecular flexibility index (Phi) is 3.64. The molecule has 100 valence electrons. The highest BCUT2D eigenvalue weighted by atomic mass is 31.2. The standard InChI is InChI=1S/C12H11O6P/c13-10-7-4-8-11(12(10)14)18-19(15,16)17-9-5-2-1-3-6-9/h1-8,13-14H,(H,15,16)/p-1. The van der Waals surface area contributed by atoms with E-state index in [-0.39, 0.29) is 5.75 Å². The summed E-state index contributed by atoms with van der Waals surface area (Å²) in [6.45, 7) is 0. The molecule has 2 N–H and O–H groups in total. The molecule has 0 bridgehead atoms. The Morgan fingerprint density at radius 3 is 2.32 bits per heavy atom. The summed E-state index contributed by atoms with van der Waals surface area (Å²) < 4.78 is 20.9. The quantitative estimate of drug-likeness (QED) is 0.657. The highest BCUT2D eigenvalue weighted by Crippen LogP contribution is 2.45. The van der Waals surface area contributed by atoms with Gasteiger partial charge in [0, 0.05) is 0 Å². The number of hydrogen-bond acceptors (Lipinski definition) is 6. The Bertz CT molecular complexity index is 613. The minimum absolute atomic E-state index is 0.0838. The molecule has 2 rings (SSSR count). The number of para-hydroxylation sites is 2. The first-order valence-corrected chi connectivity index (χ1v) is 6.70. The van der Waals surface area contributed by atoms with Crippen LogP contribution < -0.4 is 13.9 Å². The van der Waals surface area contributed by atoms with Crippen LogP contribution in [0.4, 0.5) is 0 Å². The fraction of sp³-hybridized carbons (Fsp3) is 0. The highest BCUT2D eigenvalue weighted by molar-refractivity contribution is 7.46. The zero-order valence-electron chi connectivity index (χ0n) is 9.59. The fourth-order valence-corrected chi connectivity index (χ4v) is 2.14. The zero-order chi connectivity index (χ0) is 13.9. The van der Waals surface area contributed by atoms with Crippen LogP contribution in [0, 0.1) is 0 Å². The van der Waals surface area contributed by atoms with Gasteiger partial charge in [0.2, 0.25) is 5.75 Å². The third-order valence-corrected chi connectivity index (χ3v) is 3.00. The van der Waals surface area contributed by atoms with Crippen LogP contribution in [0.25, 0.3) is 0 Å². The molecule has 6 nitrogen and oxygen atoms in total. The summed E-state index contributed by atoms with van der Waals surface area (Å²) in [6, 6.07) is 11.5. The molecule has 0 amide bonds. The lowest BCUT2D eigenvalue weighted by Crippen LogP contribution is -2.13. The first kappa shape index (κ1) is 13.3. The number of benzene rings is 2. The molecule has 1 atom stereocenters. The molecule has 0 aliphatic heterocycles. The van der Waals surface area contributed by atoms with Crippen molar-refractivity contribution < 1.29 is 28.7 Å². The van der Waals surface area contributed by atoms with Crippen molar-refractivity contribution in [1.82, 2.24) is 0 Å². The van der Waals surface area contributed by atoms with Crippen molar-refractivity contribution in [1.29, 1.82) is 0 Å². The number of phenols is 2. The van der Waals surface area contributed by atoms with Crippen molar-refractivity contribution >= 4 is 7.82 Å². The van der Waals surface area contributed by atoms with Crippen LogP contribution in [-0.4, -0.2) is 10.2 Å². The fourth-order valence-electron chi connectivity index (χ4n) is 1.33. The molecule has 0 aliphatic carbocycles. The second kappa shape index (κ2) is 5.22. The zero-order valence-corrected chi connectivity index (χ0v) is 10.5. The molecular weight excluding hydrogens is 271 g/mol. The van der Waals surface area contributed by atoms with E-state index in [1.807, 2.05) is 0 Å². The Morgan fingerprint density at radius 2 is 1.63 bits per heavy atom. The van der Waals surface area contributed by atoms with Crippen LogP contribution in [0.15, 0.2) is 48.5 Å². The summed E-state index contributed by atoms with van der Waals surface area (Å²) in [5.74, 6) is -1.48. The van der Waals surface area contributed by atoms with E-state index in [0.717, 1.165) is 0 Å². The van der Waals surface area contributed by atoms with Crippen molar-refractivity contribution in [3.8, 4) is 23.0 Å². The van der Waals surface area contributed by atoms with Gasteiger partial charge in [0.05, 0.1) is 0 Å². The van der Waals surface area contributed by atoms with Crippen molar-refractivity contribution in [3.05, 3.63) is 48.5 Å². The van der Waals surface area contributed by atoms with E-state index < -0.39 is 25.1 Å². The predicted octanol–water partition coefficient (Wildman–Crippen LogP) is 2.02. The molecule has 0 radical (unpaired) electrons. The van der Waals surface area contributed by atoms with Gasteiger partial charge in [-0.2, -0.15) is 0 Å². The Morgan fingerprint density at radius 1 is 0.947 bits per heavy atom. The average Bonchev–Trinajstić information content (AvgIpc) is 2.35.